The number of carboxylic acid groups (broad SMARTS) is 2. The summed E-state index contributed by atoms with van der Waals surface area (Å²) in [6.45, 7) is 3.59. The number of fused-ring (bicyclic) bond motifs is 1. The summed E-state index contributed by atoms with van der Waals surface area (Å²) in [4.78, 5) is 37.3. The van der Waals surface area contributed by atoms with Gasteiger partial charge in [0.1, 0.15) is 0 Å². The molecule has 10 heteroatoms. The molecule has 5 N–H and O–H groups in total. The molecule has 2 aromatic carbocycles. The van der Waals surface area contributed by atoms with Crippen LogP contribution in [0.2, 0.25) is 0 Å². The number of hydrogen-bond donors (Lipinski definition) is 4. The Morgan fingerprint density at radius 2 is 1.74 bits per heavy atom. The van der Waals surface area contributed by atoms with E-state index in [0.29, 0.717) is 30.2 Å². The number of carbonyl (C=O) groups excluding carboxylic acids is 1. The SMILES string of the molecule is CCOc1nc2ccc(C(=O)O)cc2n1Cc1ccc(C(=O)O)cc1.NC(=O)C1CCCCCN1. The first kappa shape index (κ1) is 25.7. The predicted molar refractivity (Wildman–Crippen MR) is 130 cm³/mol. The zero-order valence-electron chi connectivity index (χ0n) is 19.6. The standard InChI is InChI=1S/C18H16N2O5.C7H14N2O/c1-2-25-18-19-14-8-7-13(17(23)24)9-15(14)20(18)10-11-3-5-12(6-4-11)16(21)22;8-7(10)6-4-2-1-3-5-9-6/h3-9H,2,10H2,1H3,(H,21,22)(H,23,24);6,9H,1-5H2,(H2,8,10). The maximum absolute atomic E-state index is 11.2. The van der Waals surface area contributed by atoms with Crippen molar-refractivity contribution >= 4 is 28.9 Å². The fraction of sp³-hybridized carbons (Fsp3) is 0.360. The third kappa shape index (κ3) is 6.80. The lowest BCUT2D eigenvalue weighted by Crippen LogP contribution is -2.40. The fourth-order valence-electron chi connectivity index (χ4n) is 3.83. The van der Waals surface area contributed by atoms with Crippen LogP contribution in [0.4, 0.5) is 0 Å². The van der Waals surface area contributed by atoms with E-state index >= 15 is 0 Å². The van der Waals surface area contributed by atoms with Gasteiger partial charge in [-0.15, -0.1) is 0 Å². The molecule has 1 fully saturated rings. The number of nitrogens with one attached hydrogen (secondary N) is 1. The predicted octanol–water partition coefficient (Wildman–Crippen LogP) is 2.88. The van der Waals surface area contributed by atoms with Crippen molar-refractivity contribution in [2.45, 2.75) is 45.2 Å². The molecular weight excluding hydrogens is 452 g/mol. The Hall–Kier alpha value is -3.92. The van der Waals surface area contributed by atoms with Crippen molar-refractivity contribution in [3.8, 4) is 6.01 Å². The average Bonchev–Trinajstić information content (AvgIpc) is 3.00. The monoisotopic (exact) mass is 482 g/mol. The lowest BCUT2D eigenvalue weighted by molar-refractivity contribution is -0.120. The molecule has 35 heavy (non-hydrogen) atoms. The van der Waals surface area contributed by atoms with Crippen LogP contribution in [0, 0.1) is 0 Å². The van der Waals surface area contributed by atoms with E-state index in [4.69, 9.17) is 15.6 Å². The summed E-state index contributed by atoms with van der Waals surface area (Å²) in [6.07, 6.45) is 4.43. The number of ether oxygens (including phenoxy) is 1. The van der Waals surface area contributed by atoms with Crippen molar-refractivity contribution in [2.24, 2.45) is 5.73 Å². The second kappa shape index (κ2) is 12.0. The van der Waals surface area contributed by atoms with E-state index < -0.39 is 11.9 Å². The summed E-state index contributed by atoms with van der Waals surface area (Å²) in [5.74, 6) is -2.21. The van der Waals surface area contributed by atoms with Crippen LogP contribution in [0.1, 0.15) is 58.9 Å². The van der Waals surface area contributed by atoms with Gasteiger partial charge >= 0.3 is 11.9 Å². The number of primary amides is 1. The van der Waals surface area contributed by atoms with Gasteiger partial charge in [0, 0.05) is 0 Å². The Morgan fingerprint density at radius 1 is 1.06 bits per heavy atom. The number of amides is 1. The Kier molecular flexibility index (Phi) is 8.80. The van der Waals surface area contributed by atoms with Crippen LogP contribution >= 0.6 is 0 Å². The number of benzene rings is 2. The molecule has 0 radical (unpaired) electrons. The number of carbonyl (C=O) groups is 3. The molecule has 1 atom stereocenters. The Morgan fingerprint density at radius 3 is 2.37 bits per heavy atom. The van der Waals surface area contributed by atoms with Gasteiger partial charge in [-0.1, -0.05) is 25.0 Å². The highest BCUT2D eigenvalue weighted by atomic mass is 16.5. The van der Waals surface area contributed by atoms with Gasteiger partial charge in [-0.05, 0) is 62.2 Å². The smallest absolute Gasteiger partial charge is 0.335 e. The molecule has 4 rings (SSSR count). The molecule has 0 saturated carbocycles. The maximum Gasteiger partial charge on any atom is 0.335 e. The molecule has 10 nitrogen and oxygen atoms in total. The van der Waals surface area contributed by atoms with Crippen LogP contribution in [-0.4, -0.2) is 56.8 Å². The summed E-state index contributed by atoms with van der Waals surface area (Å²) < 4.78 is 7.35. The van der Waals surface area contributed by atoms with Gasteiger partial charge in [-0.2, -0.15) is 4.98 Å². The van der Waals surface area contributed by atoms with E-state index in [-0.39, 0.29) is 23.1 Å². The van der Waals surface area contributed by atoms with Gasteiger partial charge in [-0.3, -0.25) is 9.36 Å². The Bertz CT molecular complexity index is 1180. The topological polar surface area (TPSA) is 157 Å². The number of rotatable bonds is 7. The van der Waals surface area contributed by atoms with E-state index in [1.807, 2.05) is 6.92 Å². The Balaban J connectivity index is 0.000000287. The Labute approximate surface area is 202 Å². The first-order chi connectivity index (χ1) is 16.8. The second-order valence-corrected chi connectivity index (χ2v) is 8.18. The minimum atomic E-state index is -1.02. The number of aromatic carboxylic acids is 2. The lowest BCUT2D eigenvalue weighted by atomic mass is 10.1. The summed E-state index contributed by atoms with van der Waals surface area (Å²) in [5.41, 5.74) is 7.64. The van der Waals surface area contributed by atoms with Crippen molar-refractivity contribution < 1.29 is 29.3 Å². The first-order valence-corrected chi connectivity index (χ1v) is 11.5. The third-order valence-electron chi connectivity index (χ3n) is 5.68. The molecule has 0 aliphatic carbocycles. The lowest BCUT2D eigenvalue weighted by Gasteiger charge is -2.10. The molecule has 1 aliphatic rings. The third-order valence-corrected chi connectivity index (χ3v) is 5.68. The number of nitrogens with zero attached hydrogens (tertiary/aromatic N) is 2. The van der Waals surface area contributed by atoms with E-state index in [1.165, 1.54) is 31.0 Å². The first-order valence-electron chi connectivity index (χ1n) is 11.5. The van der Waals surface area contributed by atoms with Gasteiger partial charge < -0.3 is 26.0 Å². The molecule has 186 valence electrons. The summed E-state index contributed by atoms with van der Waals surface area (Å²) >= 11 is 0. The van der Waals surface area contributed by atoms with Crippen LogP contribution in [0.3, 0.4) is 0 Å². The summed E-state index contributed by atoms with van der Waals surface area (Å²) in [5, 5.41) is 21.3. The van der Waals surface area contributed by atoms with Crippen LogP contribution in [-0.2, 0) is 11.3 Å². The molecule has 3 aromatic rings. The van der Waals surface area contributed by atoms with E-state index in [2.05, 4.69) is 10.3 Å². The fourth-order valence-corrected chi connectivity index (χ4v) is 3.83. The molecule has 1 aliphatic heterocycles. The minimum absolute atomic E-state index is 0.0671. The number of aromatic nitrogens is 2. The molecule has 0 bridgehead atoms. The van der Waals surface area contributed by atoms with Crippen molar-refractivity contribution in [1.82, 2.24) is 14.9 Å². The van der Waals surface area contributed by atoms with E-state index in [0.717, 1.165) is 24.9 Å². The summed E-state index contributed by atoms with van der Waals surface area (Å²) in [6, 6.07) is 11.5. The quantitative estimate of drug-likeness (QED) is 0.400. The summed E-state index contributed by atoms with van der Waals surface area (Å²) in [7, 11) is 0. The van der Waals surface area contributed by atoms with Gasteiger partial charge in [0.15, 0.2) is 0 Å². The number of imidazole rings is 1. The number of hydrogen-bond acceptors (Lipinski definition) is 6. The minimum Gasteiger partial charge on any atom is -0.478 e. The van der Waals surface area contributed by atoms with Crippen molar-refractivity contribution in [2.75, 3.05) is 13.2 Å². The number of carboxylic acids is 2. The van der Waals surface area contributed by atoms with Crippen LogP contribution in [0.5, 0.6) is 6.01 Å². The molecular formula is C25H30N4O6. The normalized spacial score (nSPS) is 15.5. The zero-order chi connectivity index (χ0) is 25.4. The molecule has 1 saturated heterocycles. The van der Waals surface area contributed by atoms with Gasteiger partial charge in [0.05, 0.1) is 41.4 Å². The van der Waals surface area contributed by atoms with Crippen LogP contribution in [0.15, 0.2) is 42.5 Å². The van der Waals surface area contributed by atoms with Crippen molar-refractivity contribution in [1.29, 1.82) is 0 Å². The number of nitrogens with two attached hydrogens (primary N) is 1. The molecule has 0 spiro atoms. The van der Waals surface area contributed by atoms with Gasteiger partial charge in [0.2, 0.25) is 5.91 Å². The molecule has 2 heterocycles. The van der Waals surface area contributed by atoms with Crippen LogP contribution in [0.25, 0.3) is 11.0 Å². The maximum atomic E-state index is 11.2. The van der Waals surface area contributed by atoms with Crippen molar-refractivity contribution in [3.63, 3.8) is 0 Å². The van der Waals surface area contributed by atoms with Crippen LogP contribution < -0.4 is 15.8 Å². The van der Waals surface area contributed by atoms with E-state index in [1.54, 1.807) is 28.8 Å². The average molecular weight is 483 g/mol. The second-order valence-electron chi connectivity index (χ2n) is 8.18. The van der Waals surface area contributed by atoms with Gasteiger partial charge in [-0.25, -0.2) is 9.59 Å². The highest BCUT2D eigenvalue weighted by molar-refractivity contribution is 5.92. The highest BCUT2D eigenvalue weighted by Gasteiger charge is 2.16. The molecule has 1 unspecified atom stereocenters. The van der Waals surface area contributed by atoms with Gasteiger partial charge in [0.25, 0.3) is 6.01 Å². The molecule has 1 amide bonds. The largest absolute Gasteiger partial charge is 0.478 e. The highest BCUT2D eigenvalue weighted by Crippen LogP contribution is 2.24. The van der Waals surface area contributed by atoms with E-state index in [9.17, 15) is 19.5 Å². The zero-order valence-corrected chi connectivity index (χ0v) is 19.6. The van der Waals surface area contributed by atoms with Crippen molar-refractivity contribution in [3.05, 3.63) is 59.2 Å². The molecule has 1 aromatic heterocycles.